The van der Waals surface area contributed by atoms with E-state index in [0.717, 1.165) is 22.1 Å². The Bertz CT molecular complexity index is 559. The van der Waals surface area contributed by atoms with Crippen molar-refractivity contribution in [1.82, 2.24) is 0 Å². The molecule has 0 bridgehead atoms. The second-order valence-corrected chi connectivity index (χ2v) is 5.15. The summed E-state index contributed by atoms with van der Waals surface area (Å²) < 4.78 is 5.80. The predicted octanol–water partition coefficient (Wildman–Crippen LogP) is 5.25. The van der Waals surface area contributed by atoms with Crippen molar-refractivity contribution in [3.8, 4) is 5.75 Å². The van der Waals surface area contributed by atoms with Crippen molar-refractivity contribution in [2.75, 3.05) is 7.11 Å². The van der Waals surface area contributed by atoms with Crippen LogP contribution in [-0.4, -0.2) is 13.4 Å². The van der Waals surface area contributed by atoms with Crippen LogP contribution >= 0.6 is 27.5 Å². The van der Waals surface area contributed by atoms with Gasteiger partial charge >= 0.3 is 0 Å². The zero-order valence-electron chi connectivity index (χ0n) is 11.0. The van der Waals surface area contributed by atoms with E-state index in [1.165, 1.54) is 0 Å². The van der Waals surface area contributed by atoms with Gasteiger partial charge < -0.3 is 4.74 Å². The van der Waals surface area contributed by atoms with Crippen LogP contribution in [0.25, 0.3) is 6.08 Å². The Kier molecular flexibility index (Phi) is 7.05. The molecule has 0 fully saturated rings. The molecule has 0 saturated carbocycles. The van der Waals surface area contributed by atoms with E-state index < -0.39 is 0 Å². The third kappa shape index (κ3) is 5.59. The smallest absolute Gasteiger partial charge is 0.150 e. The molecule has 2 nitrogen and oxygen atoms in total. The highest BCUT2D eigenvalue weighted by atomic mass is 79.9. The van der Waals surface area contributed by atoms with Gasteiger partial charge in [0.1, 0.15) is 12.0 Å². The average Bonchev–Trinajstić information content (AvgIpc) is 2.47. The van der Waals surface area contributed by atoms with Crippen molar-refractivity contribution in [1.29, 1.82) is 0 Å². The molecule has 4 heteroatoms. The SMILES string of the molecule is C=Cc1ccc(OC)cc1.O=Cc1cc(Cl)cc(Br)c1. The van der Waals surface area contributed by atoms with E-state index in [1.54, 1.807) is 31.4 Å². The van der Waals surface area contributed by atoms with Gasteiger partial charge in [-0.1, -0.05) is 52.3 Å². The highest BCUT2D eigenvalue weighted by Crippen LogP contribution is 2.18. The normalized spacial score (nSPS) is 9.15. The van der Waals surface area contributed by atoms with Crippen molar-refractivity contribution in [2.45, 2.75) is 0 Å². The Hall–Kier alpha value is -1.58. The molecule has 20 heavy (non-hydrogen) atoms. The van der Waals surface area contributed by atoms with Crippen molar-refractivity contribution >= 4 is 39.9 Å². The Morgan fingerprint density at radius 3 is 2.25 bits per heavy atom. The molecule has 0 unspecified atom stereocenters. The molecule has 0 atom stereocenters. The maximum absolute atomic E-state index is 10.2. The lowest BCUT2D eigenvalue weighted by Gasteiger charge is -1.97. The summed E-state index contributed by atoms with van der Waals surface area (Å²) in [5, 5.41) is 0.566. The minimum atomic E-state index is 0.566. The first-order chi connectivity index (χ1) is 9.58. The summed E-state index contributed by atoms with van der Waals surface area (Å²) in [5.74, 6) is 0.880. The number of carbonyl (C=O) groups is 1. The van der Waals surface area contributed by atoms with Crippen molar-refractivity contribution in [3.05, 3.63) is 69.7 Å². The molecule has 0 aliphatic carbocycles. The number of hydrogen-bond acceptors (Lipinski definition) is 2. The minimum absolute atomic E-state index is 0.566. The number of rotatable bonds is 3. The van der Waals surface area contributed by atoms with Gasteiger partial charge in [-0.2, -0.15) is 0 Å². The van der Waals surface area contributed by atoms with Crippen LogP contribution in [0.5, 0.6) is 5.75 Å². The van der Waals surface area contributed by atoms with Gasteiger partial charge in [-0.3, -0.25) is 4.79 Å². The molecule has 0 amide bonds. The Labute approximate surface area is 132 Å². The number of carbonyl (C=O) groups excluding carboxylic acids is 1. The van der Waals surface area contributed by atoms with Gasteiger partial charge in [0.25, 0.3) is 0 Å². The lowest BCUT2D eigenvalue weighted by molar-refractivity contribution is 0.112. The van der Waals surface area contributed by atoms with Crippen LogP contribution in [0.2, 0.25) is 5.02 Å². The van der Waals surface area contributed by atoms with Crippen LogP contribution in [0.4, 0.5) is 0 Å². The predicted molar refractivity (Wildman–Crippen MR) is 87.6 cm³/mol. The molecule has 0 radical (unpaired) electrons. The third-order valence-corrected chi connectivity index (χ3v) is 3.05. The van der Waals surface area contributed by atoms with Crippen molar-refractivity contribution in [3.63, 3.8) is 0 Å². The Morgan fingerprint density at radius 2 is 1.80 bits per heavy atom. The number of aldehydes is 1. The monoisotopic (exact) mass is 352 g/mol. The van der Waals surface area contributed by atoms with Crippen LogP contribution < -0.4 is 4.74 Å². The summed E-state index contributed by atoms with van der Waals surface area (Å²) in [4.78, 5) is 10.2. The molecular formula is C16H14BrClO2. The van der Waals surface area contributed by atoms with Gasteiger partial charge in [0, 0.05) is 15.1 Å². The van der Waals surface area contributed by atoms with Gasteiger partial charge in [-0.25, -0.2) is 0 Å². The molecule has 0 aromatic heterocycles. The molecule has 0 aliphatic rings. The molecule has 0 heterocycles. The van der Waals surface area contributed by atoms with E-state index in [-0.39, 0.29) is 0 Å². The zero-order chi connectivity index (χ0) is 15.0. The minimum Gasteiger partial charge on any atom is -0.497 e. The second kappa shape index (κ2) is 8.56. The van der Waals surface area contributed by atoms with Crippen LogP contribution in [0, 0.1) is 0 Å². The third-order valence-electron chi connectivity index (χ3n) is 2.37. The summed E-state index contributed by atoms with van der Waals surface area (Å²) in [5.41, 5.74) is 1.69. The fourth-order valence-electron chi connectivity index (χ4n) is 1.38. The average molecular weight is 354 g/mol. The summed E-state index contributed by atoms with van der Waals surface area (Å²) >= 11 is 8.85. The van der Waals surface area contributed by atoms with E-state index in [2.05, 4.69) is 22.5 Å². The fraction of sp³-hybridized carbons (Fsp3) is 0.0625. The van der Waals surface area contributed by atoms with E-state index in [1.807, 2.05) is 24.3 Å². The number of hydrogen-bond donors (Lipinski definition) is 0. The van der Waals surface area contributed by atoms with Crippen LogP contribution in [-0.2, 0) is 0 Å². The molecule has 0 aliphatic heterocycles. The molecule has 2 rings (SSSR count). The summed E-state index contributed by atoms with van der Waals surface area (Å²) in [7, 11) is 1.66. The first-order valence-electron chi connectivity index (χ1n) is 5.77. The second-order valence-electron chi connectivity index (χ2n) is 3.80. The van der Waals surface area contributed by atoms with Gasteiger partial charge in [-0.15, -0.1) is 0 Å². The first kappa shape index (κ1) is 16.5. The summed E-state index contributed by atoms with van der Waals surface area (Å²) in [6.07, 6.45) is 2.57. The van der Waals surface area contributed by atoms with Gasteiger partial charge in [-0.05, 0) is 35.9 Å². The first-order valence-corrected chi connectivity index (χ1v) is 6.94. The molecule has 0 saturated heterocycles. The van der Waals surface area contributed by atoms with E-state index in [0.29, 0.717) is 10.6 Å². The Morgan fingerprint density at radius 1 is 1.15 bits per heavy atom. The van der Waals surface area contributed by atoms with Crippen molar-refractivity contribution in [2.24, 2.45) is 0 Å². The number of methoxy groups -OCH3 is 1. The summed E-state index contributed by atoms with van der Waals surface area (Å²) in [6.45, 7) is 3.65. The lowest BCUT2D eigenvalue weighted by atomic mass is 10.2. The van der Waals surface area contributed by atoms with E-state index in [9.17, 15) is 4.79 Å². The van der Waals surface area contributed by atoms with Gasteiger partial charge in [0.15, 0.2) is 0 Å². The molecular weight excluding hydrogens is 340 g/mol. The largest absolute Gasteiger partial charge is 0.497 e. The van der Waals surface area contributed by atoms with Gasteiger partial charge in [0.05, 0.1) is 7.11 Å². The number of benzene rings is 2. The number of halogens is 2. The lowest BCUT2D eigenvalue weighted by Crippen LogP contribution is -1.80. The van der Waals surface area contributed by atoms with Crippen molar-refractivity contribution < 1.29 is 9.53 Å². The van der Waals surface area contributed by atoms with Crippen LogP contribution in [0.3, 0.4) is 0 Å². The molecule has 0 spiro atoms. The van der Waals surface area contributed by atoms with Crippen LogP contribution in [0.1, 0.15) is 15.9 Å². The molecule has 2 aromatic rings. The van der Waals surface area contributed by atoms with Gasteiger partial charge in [0.2, 0.25) is 0 Å². The Balaban J connectivity index is 0.000000200. The van der Waals surface area contributed by atoms with E-state index in [4.69, 9.17) is 16.3 Å². The quantitative estimate of drug-likeness (QED) is 0.704. The fourth-order valence-corrected chi connectivity index (χ4v) is 2.27. The maximum Gasteiger partial charge on any atom is 0.150 e. The highest BCUT2D eigenvalue weighted by Gasteiger charge is 1.94. The van der Waals surface area contributed by atoms with Crippen LogP contribution in [0.15, 0.2) is 53.5 Å². The standard InChI is InChI=1S/C9H10O.C7H4BrClO/c1-3-8-4-6-9(10-2)7-5-8;8-6-1-5(4-10)2-7(9)3-6/h3-7H,1H2,2H3;1-4H. The van der Waals surface area contributed by atoms with E-state index >= 15 is 0 Å². The zero-order valence-corrected chi connectivity index (χ0v) is 13.3. The molecule has 2 aromatic carbocycles. The summed E-state index contributed by atoms with van der Waals surface area (Å²) in [6, 6.07) is 12.8. The number of ether oxygens (including phenoxy) is 1. The molecule has 104 valence electrons. The molecule has 0 N–H and O–H groups in total. The maximum atomic E-state index is 10.2. The highest BCUT2D eigenvalue weighted by molar-refractivity contribution is 9.10. The topological polar surface area (TPSA) is 26.3 Å².